The number of benzene rings is 1. The van der Waals surface area contributed by atoms with Gasteiger partial charge < -0.3 is 35.4 Å². The summed E-state index contributed by atoms with van der Waals surface area (Å²) in [5.41, 5.74) is 0.223. The van der Waals surface area contributed by atoms with E-state index in [2.05, 4.69) is 16.0 Å². The van der Waals surface area contributed by atoms with Crippen molar-refractivity contribution >= 4 is 23.8 Å². The number of hydrogen-bond acceptors (Lipinski definition) is 7. The molecule has 1 aromatic rings. The molecule has 11 nitrogen and oxygen atoms in total. The maximum absolute atomic E-state index is 13.9. The standard InChI is InChI=1S/C38H62N4O7/c1-25(2)29(24-32(43)30(22-27-14-10-8-11-15-27)40-37(47)49-38(5,6)7)34(44)41-33(26(3)4)35(45)39-31(23-28-16-12-9-13-17-28)36(46)42-18-20-48-21-19-42/h9,12-13,16-17,25-27,29-33,43H,8,10-11,14-15,18-24H2,1-7H3,(H,39,45)(H,40,47)(H,41,44)/t29-,30+,31+,32+,33+/m1/s1. The molecule has 1 saturated carbocycles. The summed E-state index contributed by atoms with van der Waals surface area (Å²) in [6, 6.07) is 7.24. The molecule has 1 saturated heterocycles. The zero-order chi connectivity index (χ0) is 36.1. The number of nitrogens with one attached hydrogen (secondary N) is 3. The number of rotatable bonds is 15. The lowest BCUT2D eigenvalue weighted by Crippen LogP contribution is -2.58. The smallest absolute Gasteiger partial charge is 0.407 e. The van der Waals surface area contributed by atoms with Crippen LogP contribution in [-0.4, -0.2) is 90.0 Å². The molecule has 0 bridgehead atoms. The fourth-order valence-electron chi connectivity index (χ4n) is 6.77. The Bertz CT molecular complexity index is 1190. The van der Waals surface area contributed by atoms with Crippen LogP contribution in [0.1, 0.15) is 99.0 Å². The van der Waals surface area contributed by atoms with Gasteiger partial charge in [-0.15, -0.1) is 0 Å². The number of carbonyl (C=O) groups excluding carboxylic acids is 4. The van der Waals surface area contributed by atoms with E-state index < -0.39 is 47.7 Å². The monoisotopic (exact) mass is 686 g/mol. The van der Waals surface area contributed by atoms with Crippen LogP contribution in [0.15, 0.2) is 30.3 Å². The third-order valence-corrected chi connectivity index (χ3v) is 9.58. The predicted octanol–water partition coefficient (Wildman–Crippen LogP) is 4.60. The maximum atomic E-state index is 13.9. The first-order valence-corrected chi connectivity index (χ1v) is 18.3. The summed E-state index contributed by atoms with van der Waals surface area (Å²) in [6.07, 6.45) is 4.95. The molecule has 4 N–H and O–H groups in total. The van der Waals surface area contributed by atoms with Crippen molar-refractivity contribution in [3.05, 3.63) is 35.9 Å². The highest BCUT2D eigenvalue weighted by Gasteiger charge is 2.36. The number of morpholine rings is 1. The third-order valence-electron chi connectivity index (χ3n) is 9.58. The average molecular weight is 687 g/mol. The van der Waals surface area contributed by atoms with Crippen LogP contribution < -0.4 is 16.0 Å². The summed E-state index contributed by atoms with van der Waals surface area (Å²) < 4.78 is 10.9. The number of aliphatic hydroxyl groups excluding tert-OH is 1. The van der Waals surface area contributed by atoms with Gasteiger partial charge in [0.25, 0.3) is 0 Å². The van der Waals surface area contributed by atoms with Crippen LogP contribution >= 0.6 is 0 Å². The molecule has 0 aromatic heterocycles. The normalized spacial score (nSPS) is 19.0. The van der Waals surface area contributed by atoms with Crippen molar-refractivity contribution in [2.75, 3.05) is 26.3 Å². The van der Waals surface area contributed by atoms with Crippen LogP contribution in [0, 0.1) is 23.7 Å². The fourth-order valence-corrected chi connectivity index (χ4v) is 6.77. The van der Waals surface area contributed by atoms with Crippen LogP contribution in [0.5, 0.6) is 0 Å². The topological polar surface area (TPSA) is 146 Å². The summed E-state index contributed by atoms with van der Waals surface area (Å²) >= 11 is 0. The summed E-state index contributed by atoms with van der Waals surface area (Å²) in [5, 5.41) is 20.4. The van der Waals surface area contributed by atoms with Gasteiger partial charge in [-0.25, -0.2) is 4.79 Å². The Labute approximate surface area is 293 Å². The van der Waals surface area contributed by atoms with Gasteiger partial charge in [-0.1, -0.05) is 90.1 Å². The lowest BCUT2D eigenvalue weighted by Gasteiger charge is -2.34. The van der Waals surface area contributed by atoms with Gasteiger partial charge in [0, 0.05) is 25.4 Å². The van der Waals surface area contributed by atoms with E-state index in [0.29, 0.717) is 45.1 Å². The van der Waals surface area contributed by atoms with Crippen LogP contribution in [0.2, 0.25) is 0 Å². The minimum Gasteiger partial charge on any atom is -0.444 e. The minimum atomic E-state index is -1.000. The van der Waals surface area contributed by atoms with Gasteiger partial charge >= 0.3 is 6.09 Å². The van der Waals surface area contributed by atoms with Gasteiger partial charge in [-0.05, 0) is 56.9 Å². The molecule has 1 aromatic carbocycles. The number of nitrogens with zero attached hydrogens (tertiary/aromatic N) is 1. The zero-order valence-corrected chi connectivity index (χ0v) is 30.8. The van der Waals surface area contributed by atoms with Gasteiger partial charge in [0.1, 0.15) is 17.7 Å². The second-order valence-corrected chi connectivity index (χ2v) is 15.6. The fraction of sp³-hybridized carbons (Fsp3) is 0.737. The Kier molecular flexibility index (Phi) is 15.8. The van der Waals surface area contributed by atoms with Crippen molar-refractivity contribution in [2.24, 2.45) is 23.7 Å². The maximum Gasteiger partial charge on any atom is 0.407 e. The first kappa shape index (κ1) is 40.3. The van der Waals surface area contributed by atoms with E-state index in [9.17, 15) is 24.3 Å². The molecule has 276 valence electrons. The molecule has 1 aliphatic heterocycles. The van der Waals surface area contributed by atoms with E-state index in [1.165, 1.54) is 6.42 Å². The number of amides is 4. The van der Waals surface area contributed by atoms with Crippen molar-refractivity contribution < 1.29 is 33.8 Å². The lowest BCUT2D eigenvalue weighted by molar-refractivity contribution is -0.141. The van der Waals surface area contributed by atoms with E-state index >= 15 is 0 Å². The molecule has 1 aliphatic carbocycles. The highest BCUT2D eigenvalue weighted by atomic mass is 16.6. The van der Waals surface area contributed by atoms with Crippen molar-refractivity contribution in [3.63, 3.8) is 0 Å². The van der Waals surface area contributed by atoms with Gasteiger partial charge in [0.2, 0.25) is 17.7 Å². The Morgan fingerprint density at radius 3 is 2.10 bits per heavy atom. The molecular formula is C38H62N4O7. The molecule has 5 atom stereocenters. The molecule has 0 radical (unpaired) electrons. The minimum absolute atomic E-state index is 0.106. The van der Waals surface area contributed by atoms with Crippen molar-refractivity contribution in [3.8, 4) is 0 Å². The van der Waals surface area contributed by atoms with E-state index in [1.807, 2.05) is 58.0 Å². The van der Waals surface area contributed by atoms with E-state index in [0.717, 1.165) is 31.2 Å². The Morgan fingerprint density at radius 1 is 0.898 bits per heavy atom. The number of hydrogen-bond donors (Lipinski definition) is 4. The van der Waals surface area contributed by atoms with E-state index in [-0.39, 0.29) is 30.1 Å². The molecule has 11 heteroatoms. The molecule has 4 amide bonds. The number of alkyl carbamates (subject to hydrolysis) is 1. The van der Waals surface area contributed by atoms with Crippen molar-refractivity contribution in [1.82, 2.24) is 20.9 Å². The predicted molar refractivity (Wildman–Crippen MR) is 190 cm³/mol. The third kappa shape index (κ3) is 13.6. The van der Waals surface area contributed by atoms with E-state index in [4.69, 9.17) is 9.47 Å². The average Bonchev–Trinajstić information content (AvgIpc) is 3.05. The van der Waals surface area contributed by atoms with Crippen LogP contribution in [0.25, 0.3) is 0 Å². The quantitative estimate of drug-likeness (QED) is 0.211. The second-order valence-electron chi connectivity index (χ2n) is 15.6. The highest BCUT2D eigenvalue weighted by Crippen LogP contribution is 2.30. The largest absolute Gasteiger partial charge is 0.444 e. The molecule has 0 spiro atoms. The highest BCUT2D eigenvalue weighted by molar-refractivity contribution is 5.93. The van der Waals surface area contributed by atoms with Gasteiger partial charge in [0.15, 0.2) is 0 Å². The Hall–Kier alpha value is -3.18. The van der Waals surface area contributed by atoms with Gasteiger partial charge in [-0.2, -0.15) is 0 Å². The first-order chi connectivity index (χ1) is 23.1. The van der Waals surface area contributed by atoms with Crippen LogP contribution in [0.4, 0.5) is 4.79 Å². The Morgan fingerprint density at radius 2 is 1.53 bits per heavy atom. The van der Waals surface area contributed by atoms with Crippen LogP contribution in [0.3, 0.4) is 0 Å². The van der Waals surface area contributed by atoms with Crippen molar-refractivity contribution in [2.45, 2.75) is 130 Å². The SMILES string of the molecule is CC(C)[C@H](NC(=O)[C@H](C[C@H](O)[C@H](CC1CCCCC1)NC(=O)OC(C)(C)C)C(C)C)C(=O)N[C@@H](Cc1ccccc1)C(=O)N1CCOCC1. The lowest BCUT2D eigenvalue weighted by atomic mass is 9.81. The molecule has 0 unspecified atom stereocenters. The summed E-state index contributed by atoms with van der Waals surface area (Å²) in [7, 11) is 0. The molecule has 2 fully saturated rings. The number of ether oxygens (including phenoxy) is 2. The summed E-state index contributed by atoms with van der Waals surface area (Å²) in [5.74, 6) is -1.66. The van der Waals surface area contributed by atoms with Crippen molar-refractivity contribution in [1.29, 1.82) is 0 Å². The molecule has 3 rings (SSSR count). The summed E-state index contributed by atoms with van der Waals surface area (Å²) in [4.78, 5) is 55.9. The molecule has 49 heavy (non-hydrogen) atoms. The summed E-state index contributed by atoms with van der Waals surface area (Å²) in [6.45, 7) is 14.7. The number of carbonyl (C=O) groups is 4. The van der Waals surface area contributed by atoms with E-state index in [1.54, 1.807) is 25.7 Å². The molecular weight excluding hydrogens is 624 g/mol. The van der Waals surface area contributed by atoms with Gasteiger partial charge in [0.05, 0.1) is 25.4 Å². The second kappa shape index (κ2) is 19.3. The van der Waals surface area contributed by atoms with Crippen LogP contribution in [-0.2, 0) is 30.3 Å². The molecule has 2 aliphatic rings. The zero-order valence-electron chi connectivity index (χ0n) is 30.8. The molecule has 1 heterocycles. The Balaban J connectivity index is 1.74. The first-order valence-electron chi connectivity index (χ1n) is 18.3. The van der Waals surface area contributed by atoms with Gasteiger partial charge in [-0.3, -0.25) is 14.4 Å². The number of aliphatic hydroxyl groups is 1.